The third-order valence-corrected chi connectivity index (χ3v) is 7.31. The third kappa shape index (κ3) is 2.63. The van der Waals surface area contributed by atoms with Crippen molar-refractivity contribution in [3.8, 4) is 0 Å². The van der Waals surface area contributed by atoms with E-state index >= 15 is 0 Å². The van der Waals surface area contributed by atoms with Crippen LogP contribution in [0, 0.1) is 5.41 Å². The van der Waals surface area contributed by atoms with Crippen molar-refractivity contribution in [3.05, 3.63) is 64.7 Å². The predicted octanol–water partition coefficient (Wildman–Crippen LogP) is 4.96. The molecule has 28 heavy (non-hydrogen) atoms. The molecule has 2 fully saturated rings. The van der Waals surface area contributed by atoms with Gasteiger partial charge in [0.2, 0.25) is 0 Å². The number of fused-ring (bicyclic) bond motifs is 4. The zero-order valence-corrected chi connectivity index (χ0v) is 16.6. The molecule has 1 aliphatic carbocycles. The van der Waals surface area contributed by atoms with Crippen LogP contribution in [0.2, 0.25) is 5.02 Å². The van der Waals surface area contributed by atoms with E-state index in [0.29, 0.717) is 36.6 Å². The normalized spacial score (nSPS) is 26.1. The van der Waals surface area contributed by atoms with Crippen LogP contribution in [-0.2, 0) is 16.0 Å². The molecule has 3 aliphatic rings. The topological polar surface area (TPSA) is 37.4 Å². The van der Waals surface area contributed by atoms with Crippen LogP contribution in [0.15, 0.2) is 48.5 Å². The second-order valence-corrected chi connectivity index (χ2v) is 8.90. The van der Waals surface area contributed by atoms with Crippen molar-refractivity contribution in [1.29, 1.82) is 0 Å². The maximum Gasteiger partial charge on any atom is 0.148 e. The van der Waals surface area contributed by atoms with Gasteiger partial charge >= 0.3 is 0 Å². The lowest BCUT2D eigenvalue weighted by Gasteiger charge is -2.54. The Morgan fingerprint density at radius 2 is 1.75 bits per heavy atom. The van der Waals surface area contributed by atoms with Crippen molar-refractivity contribution in [3.63, 3.8) is 0 Å². The Labute approximate surface area is 170 Å². The molecular weight excluding hydrogens is 370 g/mol. The number of ketones is 2. The molecule has 2 aliphatic heterocycles. The van der Waals surface area contributed by atoms with Crippen LogP contribution in [0.1, 0.15) is 49.1 Å². The fraction of sp³-hybridized carbons (Fsp3) is 0.417. The SMILES string of the molecule is O=C1CCCC(=O)C12Cc1ccc(Cl)cc1N1CCC(c3ccccc3)CC12. The van der Waals surface area contributed by atoms with Gasteiger partial charge in [-0.05, 0) is 54.9 Å². The third-order valence-electron chi connectivity index (χ3n) is 7.07. The van der Waals surface area contributed by atoms with Crippen molar-refractivity contribution in [1.82, 2.24) is 0 Å². The van der Waals surface area contributed by atoms with Gasteiger partial charge in [0.15, 0.2) is 0 Å². The standard InChI is InChI=1S/C24H24ClNO2/c25-19-10-9-18-15-24(22(27)7-4-8-23(24)28)21-13-17(16-5-2-1-3-6-16)11-12-26(21)20(18)14-19/h1-3,5-6,9-10,14,17,21H,4,7-8,11-13,15H2. The summed E-state index contributed by atoms with van der Waals surface area (Å²) in [6, 6.07) is 16.4. The Hall–Kier alpha value is -2.13. The minimum absolute atomic E-state index is 0.0716. The number of halogens is 1. The van der Waals surface area contributed by atoms with Gasteiger partial charge in [-0.1, -0.05) is 48.0 Å². The van der Waals surface area contributed by atoms with Gasteiger partial charge in [0.1, 0.15) is 17.0 Å². The maximum atomic E-state index is 13.3. The monoisotopic (exact) mass is 393 g/mol. The molecule has 2 atom stereocenters. The van der Waals surface area contributed by atoms with Crippen molar-refractivity contribution in [2.45, 2.75) is 50.5 Å². The minimum Gasteiger partial charge on any atom is -0.367 e. The first-order chi connectivity index (χ1) is 13.6. The molecule has 5 rings (SSSR count). The fourth-order valence-electron chi connectivity index (χ4n) is 5.70. The summed E-state index contributed by atoms with van der Waals surface area (Å²) in [5, 5.41) is 0.708. The first-order valence-electron chi connectivity index (χ1n) is 10.3. The summed E-state index contributed by atoms with van der Waals surface area (Å²) in [6.45, 7) is 0.847. The smallest absolute Gasteiger partial charge is 0.148 e. The zero-order chi connectivity index (χ0) is 19.3. The largest absolute Gasteiger partial charge is 0.367 e. The predicted molar refractivity (Wildman–Crippen MR) is 111 cm³/mol. The maximum absolute atomic E-state index is 13.3. The van der Waals surface area contributed by atoms with Crippen molar-refractivity contribution in [2.24, 2.45) is 5.41 Å². The number of carbonyl (C=O) groups excluding carboxylic acids is 2. The van der Waals surface area contributed by atoms with E-state index in [4.69, 9.17) is 11.6 Å². The summed E-state index contributed by atoms with van der Waals surface area (Å²) in [7, 11) is 0. The lowest BCUT2D eigenvalue weighted by Crippen LogP contribution is -2.63. The van der Waals surface area contributed by atoms with Crippen LogP contribution in [0.25, 0.3) is 0 Å². The number of benzene rings is 2. The summed E-state index contributed by atoms with van der Waals surface area (Å²) >= 11 is 6.31. The average Bonchev–Trinajstić information content (AvgIpc) is 2.72. The highest BCUT2D eigenvalue weighted by Crippen LogP contribution is 2.51. The van der Waals surface area contributed by atoms with Crippen LogP contribution in [0.3, 0.4) is 0 Å². The van der Waals surface area contributed by atoms with Gasteiger partial charge < -0.3 is 4.90 Å². The van der Waals surface area contributed by atoms with Gasteiger partial charge in [-0.25, -0.2) is 0 Å². The molecule has 4 heteroatoms. The van der Waals surface area contributed by atoms with Gasteiger partial charge in [-0.15, -0.1) is 0 Å². The molecule has 0 amide bonds. The second kappa shape index (κ2) is 6.73. The van der Waals surface area contributed by atoms with Crippen molar-refractivity contribution < 1.29 is 9.59 Å². The van der Waals surface area contributed by atoms with Gasteiger partial charge in [-0.2, -0.15) is 0 Å². The molecule has 0 N–H and O–H groups in total. The zero-order valence-electron chi connectivity index (χ0n) is 15.9. The summed E-state index contributed by atoms with van der Waals surface area (Å²) in [6.07, 6.45) is 4.13. The Morgan fingerprint density at radius 1 is 1.00 bits per heavy atom. The number of piperidine rings is 1. The quantitative estimate of drug-likeness (QED) is 0.643. The number of hydrogen-bond acceptors (Lipinski definition) is 3. The molecule has 0 radical (unpaired) electrons. The first-order valence-corrected chi connectivity index (χ1v) is 10.6. The molecule has 0 aromatic heterocycles. The van der Waals surface area contributed by atoms with E-state index < -0.39 is 5.41 Å². The summed E-state index contributed by atoms with van der Waals surface area (Å²) < 4.78 is 0. The molecule has 144 valence electrons. The van der Waals surface area contributed by atoms with E-state index in [1.54, 1.807) is 0 Å². The summed E-state index contributed by atoms with van der Waals surface area (Å²) in [5.41, 5.74) is 2.63. The molecule has 3 nitrogen and oxygen atoms in total. The average molecular weight is 394 g/mol. The van der Waals surface area contributed by atoms with Gasteiger partial charge in [0.25, 0.3) is 0 Å². The Kier molecular flexibility index (Phi) is 4.31. The Morgan fingerprint density at radius 3 is 2.50 bits per heavy atom. The number of hydrogen-bond donors (Lipinski definition) is 0. The fourth-order valence-corrected chi connectivity index (χ4v) is 5.87. The molecule has 2 unspecified atom stereocenters. The lowest BCUT2D eigenvalue weighted by atomic mass is 9.58. The second-order valence-electron chi connectivity index (χ2n) is 8.46. The molecule has 1 saturated heterocycles. The van der Waals surface area contributed by atoms with Crippen LogP contribution in [-0.4, -0.2) is 24.2 Å². The van der Waals surface area contributed by atoms with Crippen LogP contribution >= 0.6 is 11.6 Å². The van der Waals surface area contributed by atoms with Crippen molar-refractivity contribution in [2.75, 3.05) is 11.4 Å². The highest BCUT2D eigenvalue weighted by Gasteiger charge is 2.58. The van der Waals surface area contributed by atoms with Crippen LogP contribution < -0.4 is 4.90 Å². The van der Waals surface area contributed by atoms with Crippen molar-refractivity contribution >= 4 is 28.9 Å². The lowest BCUT2D eigenvalue weighted by molar-refractivity contribution is -0.146. The van der Waals surface area contributed by atoms with Crippen LogP contribution in [0.4, 0.5) is 5.69 Å². The number of rotatable bonds is 1. The summed E-state index contributed by atoms with van der Waals surface area (Å²) in [5.74, 6) is 0.670. The van der Waals surface area contributed by atoms with E-state index in [9.17, 15) is 9.59 Å². The molecule has 1 saturated carbocycles. The Bertz CT molecular complexity index is 923. The number of nitrogens with zero attached hydrogens (tertiary/aromatic N) is 1. The minimum atomic E-state index is -0.882. The van der Waals surface area contributed by atoms with E-state index in [0.717, 1.165) is 30.6 Å². The molecule has 2 aromatic rings. The van der Waals surface area contributed by atoms with Gasteiger partial charge in [0, 0.05) is 36.1 Å². The van der Waals surface area contributed by atoms with Crippen LogP contribution in [0.5, 0.6) is 0 Å². The molecule has 2 heterocycles. The van der Waals surface area contributed by atoms with Gasteiger partial charge in [-0.3, -0.25) is 9.59 Å². The Balaban J connectivity index is 1.62. The highest BCUT2D eigenvalue weighted by molar-refractivity contribution is 6.31. The number of anilines is 1. The highest BCUT2D eigenvalue weighted by atomic mass is 35.5. The first kappa shape index (κ1) is 17.9. The van der Waals surface area contributed by atoms with E-state index in [2.05, 4.69) is 29.2 Å². The molecule has 1 spiro atoms. The molecule has 0 bridgehead atoms. The number of carbonyl (C=O) groups is 2. The summed E-state index contributed by atoms with van der Waals surface area (Å²) in [4.78, 5) is 28.9. The van der Waals surface area contributed by atoms with E-state index in [-0.39, 0.29) is 17.6 Å². The molecular formula is C24H24ClNO2. The van der Waals surface area contributed by atoms with E-state index in [1.165, 1.54) is 5.56 Å². The van der Waals surface area contributed by atoms with Gasteiger partial charge in [0.05, 0.1) is 0 Å². The van der Waals surface area contributed by atoms with E-state index in [1.807, 2.05) is 24.3 Å². The number of Topliss-reactive ketones (excluding diaryl/α,β-unsaturated/α-hetero) is 2. The molecule has 2 aromatic carbocycles.